The van der Waals surface area contributed by atoms with Crippen molar-refractivity contribution < 1.29 is 76.9 Å². The van der Waals surface area contributed by atoms with Crippen LogP contribution in [0.15, 0.2) is 60.0 Å². The minimum atomic E-state index is -2.47. The van der Waals surface area contributed by atoms with Crippen molar-refractivity contribution in [3.8, 4) is 0 Å². The second-order valence-corrected chi connectivity index (χ2v) is 23.9. The number of hydrogen-bond acceptors (Lipinski definition) is 18. The average molecular weight is 1180 g/mol. The number of esters is 2. The third-order valence-electron chi connectivity index (χ3n) is 17.2. The van der Waals surface area contributed by atoms with Crippen molar-refractivity contribution in [1.29, 1.82) is 0 Å². The molecule has 1 aliphatic carbocycles. The van der Waals surface area contributed by atoms with Crippen LogP contribution >= 0.6 is 0 Å². The summed E-state index contributed by atoms with van der Waals surface area (Å²) in [4.78, 5) is 106. The van der Waals surface area contributed by atoms with E-state index in [4.69, 9.17) is 33.2 Å². The smallest absolute Gasteiger partial charge is 0.329 e. The van der Waals surface area contributed by atoms with Crippen LogP contribution in [0.2, 0.25) is 0 Å². The number of methoxy groups -OCH3 is 3. The summed E-state index contributed by atoms with van der Waals surface area (Å²) in [5, 5.41) is 26.5. The number of aryl methyl sites for hydroxylation is 1. The van der Waals surface area contributed by atoms with Crippen LogP contribution < -0.4 is 5.32 Å². The fourth-order valence-electron chi connectivity index (χ4n) is 11.8. The number of fused-ring (bicyclic) bond motifs is 3. The Labute approximate surface area is 497 Å². The van der Waals surface area contributed by atoms with Crippen LogP contribution in [0.4, 0.5) is 0 Å². The first kappa shape index (κ1) is 69.4. The molecule has 20 heteroatoms. The third kappa shape index (κ3) is 20.4. The predicted octanol–water partition coefficient (Wildman–Crippen LogP) is 7.33. The van der Waals surface area contributed by atoms with Crippen LogP contribution in [0.5, 0.6) is 0 Å². The lowest BCUT2D eigenvalue weighted by atomic mass is 9.78. The highest BCUT2D eigenvalue weighted by molar-refractivity contribution is 6.39. The summed E-state index contributed by atoms with van der Waals surface area (Å²) < 4.78 is 41.5. The van der Waals surface area contributed by atoms with E-state index >= 15 is 0 Å². The molecule has 2 amide bonds. The van der Waals surface area contributed by atoms with Crippen molar-refractivity contribution >= 4 is 41.1 Å². The molecule has 15 atom stereocenters. The van der Waals surface area contributed by atoms with Gasteiger partial charge in [-0.1, -0.05) is 71.1 Å². The van der Waals surface area contributed by atoms with E-state index in [1.807, 2.05) is 51.2 Å². The van der Waals surface area contributed by atoms with Gasteiger partial charge in [0.1, 0.15) is 42.1 Å². The quantitative estimate of drug-likeness (QED) is 0.0633. The first-order valence-electron chi connectivity index (χ1n) is 30.3. The van der Waals surface area contributed by atoms with Crippen molar-refractivity contribution in [3.05, 3.63) is 71.4 Å². The lowest BCUT2D eigenvalue weighted by molar-refractivity contribution is -0.265. The van der Waals surface area contributed by atoms with Gasteiger partial charge in [-0.25, -0.2) is 14.8 Å². The molecule has 3 aliphatic heterocycles. The van der Waals surface area contributed by atoms with Crippen LogP contribution in [-0.2, 0) is 73.3 Å². The first-order valence-corrected chi connectivity index (χ1v) is 30.3. The van der Waals surface area contributed by atoms with E-state index in [1.165, 1.54) is 12.0 Å². The number of cyclic esters (lactones) is 1. The monoisotopic (exact) mass is 1180 g/mol. The van der Waals surface area contributed by atoms with Crippen LogP contribution in [0.3, 0.4) is 0 Å². The summed E-state index contributed by atoms with van der Waals surface area (Å²) in [6.07, 6.45) is 14.3. The molecule has 2 bridgehead atoms. The molecule has 0 spiro atoms. The molecule has 4 aliphatic rings. The number of ketones is 3. The van der Waals surface area contributed by atoms with Crippen molar-refractivity contribution in [3.63, 3.8) is 0 Å². The molecule has 20 nitrogen and oxygen atoms in total. The van der Waals surface area contributed by atoms with Crippen molar-refractivity contribution in [2.45, 2.75) is 213 Å². The number of aromatic nitrogens is 2. The van der Waals surface area contributed by atoms with Gasteiger partial charge >= 0.3 is 11.9 Å². The Balaban J connectivity index is 1.31. The molecule has 84 heavy (non-hydrogen) atoms. The Morgan fingerprint density at radius 1 is 0.845 bits per heavy atom. The van der Waals surface area contributed by atoms with Crippen LogP contribution in [0.25, 0.3) is 0 Å². The second-order valence-electron chi connectivity index (χ2n) is 23.9. The second kappa shape index (κ2) is 34.1. The number of ether oxygens (including phenoxy) is 7. The number of aliphatic hydroxyl groups excluding tert-OH is 1. The summed E-state index contributed by atoms with van der Waals surface area (Å²) in [6.45, 7) is 15.2. The largest absolute Gasteiger partial charge is 0.460 e. The summed E-state index contributed by atoms with van der Waals surface area (Å²) in [7, 11) is 4.50. The Kier molecular flexibility index (Phi) is 28.2. The van der Waals surface area contributed by atoms with Gasteiger partial charge in [-0.05, 0) is 120 Å². The molecule has 3 fully saturated rings. The molecule has 1 unspecified atom stereocenters. The Morgan fingerprint density at radius 3 is 2.29 bits per heavy atom. The van der Waals surface area contributed by atoms with Crippen LogP contribution in [0.1, 0.15) is 156 Å². The highest BCUT2D eigenvalue weighted by atomic mass is 16.6. The average Bonchev–Trinajstić information content (AvgIpc) is 2.31. The number of rotatable bonds is 16. The van der Waals surface area contributed by atoms with Crippen LogP contribution in [0, 0.1) is 42.4 Å². The van der Waals surface area contributed by atoms with Gasteiger partial charge in [0, 0.05) is 102 Å². The standard InChI is InChI=1S/C64H96N4O16/c1-39-18-13-12-14-19-40(2)53(78-9)34-49-24-22-45(7)64(77,84-49)61(74)62(75)68-27-16-15-20-50(68)63(76)83-54(35-51(69)41(3)31-44(6)59(73)60(80-11)58(72)43(5)30-39)42(4)32-47-23-25-52(55(33-47)79-10)82-57(71)21-17-28-81-29-26-56(70)67-38-48-36-65-46(8)66-37-48/h12-14,18-19,31,36-37,39,41-43,45,47,49-50,52-55,59-60,73,77H,15-17,20-30,32-35,38H2,1-11H3,(H,67,70)/b14-12+,18-13+,40-19+,44-31+/t39-,41-,42-,43?,45-,47+,49+,50+,52-,53+,54+,55-,59-,60+,64-/m1/s1. The number of carbonyl (C=O) groups is 7. The molecule has 2 saturated heterocycles. The minimum absolute atomic E-state index is 0.00198. The van der Waals surface area contributed by atoms with Gasteiger partial charge < -0.3 is 53.6 Å². The summed E-state index contributed by atoms with van der Waals surface area (Å²) in [5.41, 5.74) is 2.01. The fourth-order valence-corrected chi connectivity index (χ4v) is 11.8. The zero-order valence-corrected chi connectivity index (χ0v) is 51.6. The molecule has 0 radical (unpaired) electrons. The van der Waals surface area contributed by atoms with E-state index in [0.29, 0.717) is 88.6 Å². The third-order valence-corrected chi connectivity index (χ3v) is 17.2. The number of nitrogens with one attached hydrogen (secondary N) is 1. The van der Waals surface area contributed by atoms with Crippen molar-refractivity contribution in [1.82, 2.24) is 20.2 Å². The lowest BCUT2D eigenvalue weighted by Gasteiger charge is -2.42. The van der Waals surface area contributed by atoms with E-state index < -0.39 is 102 Å². The highest BCUT2D eigenvalue weighted by Crippen LogP contribution is 2.38. The molecular formula is C64H96N4O16. The van der Waals surface area contributed by atoms with E-state index in [2.05, 4.69) is 15.3 Å². The van der Waals surface area contributed by atoms with E-state index in [0.717, 1.165) is 11.1 Å². The van der Waals surface area contributed by atoms with Crippen molar-refractivity contribution in [2.24, 2.45) is 35.5 Å². The normalized spacial score (nSPS) is 33.8. The fraction of sp³-hybridized carbons (Fsp3) is 0.703. The Bertz CT molecular complexity index is 2480. The van der Waals surface area contributed by atoms with Gasteiger partial charge in [-0.15, -0.1) is 0 Å². The molecule has 5 rings (SSSR count). The molecule has 468 valence electrons. The van der Waals surface area contributed by atoms with Gasteiger partial charge in [0.25, 0.3) is 11.7 Å². The number of amides is 2. The molecule has 1 aromatic rings. The number of allylic oxidation sites excluding steroid dienone is 6. The maximum Gasteiger partial charge on any atom is 0.329 e. The minimum Gasteiger partial charge on any atom is -0.460 e. The summed E-state index contributed by atoms with van der Waals surface area (Å²) >= 11 is 0. The molecule has 0 aromatic carbocycles. The zero-order valence-electron chi connectivity index (χ0n) is 51.6. The lowest BCUT2D eigenvalue weighted by Crippen LogP contribution is -2.61. The number of aliphatic hydroxyl groups is 2. The zero-order chi connectivity index (χ0) is 61.7. The van der Waals surface area contributed by atoms with Gasteiger partial charge in [0.15, 0.2) is 5.78 Å². The number of piperidine rings is 1. The van der Waals surface area contributed by atoms with E-state index in [1.54, 1.807) is 67.3 Å². The van der Waals surface area contributed by atoms with E-state index in [9.17, 15) is 43.8 Å². The summed E-state index contributed by atoms with van der Waals surface area (Å²) in [6, 6.07) is -1.20. The van der Waals surface area contributed by atoms with Gasteiger partial charge in [0.2, 0.25) is 11.7 Å². The van der Waals surface area contributed by atoms with Gasteiger partial charge in [-0.3, -0.25) is 28.8 Å². The van der Waals surface area contributed by atoms with E-state index in [-0.39, 0.29) is 74.8 Å². The Morgan fingerprint density at radius 2 is 1.58 bits per heavy atom. The SMILES string of the molecule is CO[C@H]1C[C@@H]2CC[C@@H](C)[C@@](O)(O2)C(=O)C(=O)N2CCCC[C@H]2C(=O)O[C@H]([C@H](C)C[C@@H]2CC[C@@H](OC(=O)CCCOCCC(=O)NCc3cnc(C)nc3)[C@H](OC)C2)CC(=O)[C@H](C)/C=C(\C)[C@@H](O)[C@@H](OC)C(=O)C(C)C[C@H](C)/C=C/C=C/C=C/1C. The highest BCUT2D eigenvalue weighted by Gasteiger charge is 2.53. The molecule has 1 aromatic heterocycles. The first-order chi connectivity index (χ1) is 40.0. The molecule has 1 saturated carbocycles. The number of Topliss-reactive ketones (excluding diaryl/α,β-unsaturated/α-hetero) is 3. The predicted molar refractivity (Wildman–Crippen MR) is 312 cm³/mol. The maximum atomic E-state index is 14.7. The van der Waals surface area contributed by atoms with Gasteiger partial charge in [-0.2, -0.15) is 0 Å². The number of nitrogens with zero attached hydrogens (tertiary/aromatic N) is 3. The van der Waals surface area contributed by atoms with Crippen LogP contribution in [-0.4, -0.2) is 162 Å². The molecule has 4 heterocycles. The number of carbonyl (C=O) groups excluding carboxylic acids is 7. The Hall–Kier alpha value is -5.35. The molecular weight excluding hydrogens is 1080 g/mol. The van der Waals surface area contributed by atoms with Crippen molar-refractivity contribution in [2.75, 3.05) is 41.1 Å². The maximum absolute atomic E-state index is 14.7. The number of hydrogen-bond donors (Lipinski definition) is 3. The van der Waals surface area contributed by atoms with Gasteiger partial charge in [0.05, 0.1) is 24.9 Å². The summed E-state index contributed by atoms with van der Waals surface area (Å²) in [5.74, 6) is -8.44. The topological polar surface area (TPSA) is 266 Å². The molecule has 3 N–H and O–H groups in total.